The molecule has 2 N–H and O–H groups in total. The highest BCUT2D eigenvalue weighted by molar-refractivity contribution is 5.73. The zero-order valence-electron chi connectivity index (χ0n) is 17.7. The van der Waals surface area contributed by atoms with Crippen molar-refractivity contribution in [1.82, 2.24) is 0 Å². The van der Waals surface area contributed by atoms with Crippen LogP contribution < -0.4 is 0 Å². The molecule has 0 spiro atoms. The molecule has 0 aliphatic carbocycles. The van der Waals surface area contributed by atoms with Gasteiger partial charge in [0.05, 0.1) is 13.0 Å². The second kappa shape index (κ2) is 7.99. The maximum Gasteiger partial charge on any atom is 0.310 e. The van der Waals surface area contributed by atoms with Gasteiger partial charge < -0.3 is 14.9 Å². The Kier molecular flexibility index (Phi) is 6.92. The zero-order chi connectivity index (χ0) is 20.3. The van der Waals surface area contributed by atoms with E-state index in [9.17, 15) is 9.90 Å². The van der Waals surface area contributed by atoms with Gasteiger partial charge in [0.25, 0.3) is 0 Å². The molecule has 0 aliphatic rings. The van der Waals surface area contributed by atoms with Crippen molar-refractivity contribution >= 4 is 5.97 Å². The van der Waals surface area contributed by atoms with Crippen molar-refractivity contribution < 1.29 is 19.7 Å². The summed E-state index contributed by atoms with van der Waals surface area (Å²) >= 11 is 0. The second-order valence-electron chi connectivity index (χ2n) is 10.0. The van der Waals surface area contributed by atoms with E-state index in [4.69, 9.17) is 9.84 Å². The van der Waals surface area contributed by atoms with Crippen LogP contribution in [0.5, 0.6) is 5.75 Å². The number of rotatable bonds is 6. The van der Waals surface area contributed by atoms with E-state index < -0.39 is 0 Å². The minimum Gasteiger partial charge on any atom is -0.507 e. The highest BCUT2D eigenvalue weighted by Gasteiger charge is 2.32. The van der Waals surface area contributed by atoms with E-state index in [0.717, 1.165) is 23.1 Å². The van der Waals surface area contributed by atoms with Crippen molar-refractivity contribution in [2.45, 2.75) is 79.1 Å². The fraction of sp³-hybridized carbons (Fsp3) is 0.682. The van der Waals surface area contributed by atoms with Gasteiger partial charge in [-0.05, 0) is 33.8 Å². The van der Waals surface area contributed by atoms with Crippen molar-refractivity contribution in [3.05, 3.63) is 28.8 Å². The number of hydrogen-bond donors (Lipinski definition) is 2. The van der Waals surface area contributed by atoms with Crippen molar-refractivity contribution in [3.63, 3.8) is 0 Å². The lowest BCUT2D eigenvalue weighted by molar-refractivity contribution is -0.143. The van der Waals surface area contributed by atoms with Gasteiger partial charge in [-0.2, -0.15) is 0 Å². The van der Waals surface area contributed by atoms with E-state index in [0.29, 0.717) is 5.75 Å². The summed E-state index contributed by atoms with van der Waals surface area (Å²) in [6, 6.07) is 3.82. The minimum atomic E-state index is -0.371. The standard InChI is InChI=1S/C22H36O4/c1-20(2,3)14-22(7,8)17-12-15(13-18(24)26-10-9-23)11-16(19(17)25)21(4,5)6/h11-12,23,25H,9-10,13-14H2,1-8H3. The normalized spacial score (nSPS) is 13.0. The number of carbonyl (C=O) groups is 1. The molecule has 0 bridgehead atoms. The molecule has 1 aromatic carbocycles. The van der Waals surface area contributed by atoms with Crippen LogP contribution in [0.15, 0.2) is 12.1 Å². The third-order valence-electron chi connectivity index (χ3n) is 4.38. The highest BCUT2D eigenvalue weighted by atomic mass is 16.5. The fourth-order valence-corrected chi connectivity index (χ4v) is 3.68. The summed E-state index contributed by atoms with van der Waals surface area (Å²) in [6.07, 6.45) is 1.03. The smallest absolute Gasteiger partial charge is 0.310 e. The number of aliphatic hydroxyl groups is 1. The molecular weight excluding hydrogens is 328 g/mol. The molecule has 0 aromatic heterocycles. The number of hydrogen-bond acceptors (Lipinski definition) is 4. The van der Waals surface area contributed by atoms with E-state index in [1.54, 1.807) is 0 Å². The van der Waals surface area contributed by atoms with E-state index in [-0.39, 0.29) is 41.8 Å². The summed E-state index contributed by atoms with van der Waals surface area (Å²) in [5.41, 5.74) is 2.14. The first-order chi connectivity index (χ1) is 11.7. The zero-order valence-corrected chi connectivity index (χ0v) is 17.7. The molecule has 4 heteroatoms. The number of phenols is 1. The molecule has 0 unspecified atom stereocenters. The van der Waals surface area contributed by atoms with Crippen molar-refractivity contribution in [2.24, 2.45) is 5.41 Å². The Labute approximate surface area is 158 Å². The van der Waals surface area contributed by atoms with Crippen LogP contribution in [0, 0.1) is 5.41 Å². The van der Waals surface area contributed by atoms with Crippen LogP contribution in [0.3, 0.4) is 0 Å². The molecule has 26 heavy (non-hydrogen) atoms. The lowest BCUT2D eigenvalue weighted by Crippen LogP contribution is -2.26. The molecule has 0 saturated heterocycles. The van der Waals surface area contributed by atoms with Gasteiger partial charge in [0, 0.05) is 5.56 Å². The predicted molar refractivity (Wildman–Crippen MR) is 106 cm³/mol. The molecule has 0 aliphatic heterocycles. The lowest BCUT2D eigenvalue weighted by Gasteiger charge is -2.35. The van der Waals surface area contributed by atoms with Crippen LogP contribution in [0.25, 0.3) is 0 Å². The summed E-state index contributed by atoms with van der Waals surface area (Å²) in [7, 11) is 0. The Balaban J connectivity index is 3.40. The Bertz CT molecular complexity index is 631. The van der Waals surface area contributed by atoms with E-state index in [2.05, 4.69) is 55.4 Å². The number of esters is 1. The molecule has 0 radical (unpaired) electrons. The maximum absolute atomic E-state index is 12.0. The molecule has 1 aromatic rings. The van der Waals surface area contributed by atoms with Crippen LogP contribution >= 0.6 is 0 Å². The number of aliphatic hydroxyl groups excluding tert-OH is 1. The quantitative estimate of drug-likeness (QED) is 0.730. The van der Waals surface area contributed by atoms with Gasteiger partial charge in [-0.25, -0.2) is 0 Å². The van der Waals surface area contributed by atoms with Gasteiger partial charge in [0.15, 0.2) is 0 Å². The van der Waals surface area contributed by atoms with E-state index in [1.165, 1.54) is 0 Å². The average Bonchev–Trinajstić information content (AvgIpc) is 2.42. The van der Waals surface area contributed by atoms with Crippen LogP contribution in [-0.4, -0.2) is 29.4 Å². The van der Waals surface area contributed by atoms with Crippen LogP contribution in [-0.2, 0) is 26.8 Å². The summed E-state index contributed by atoms with van der Waals surface area (Å²) in [5, 5.41) is 19.8. The molecule has 0 atom stereocenters. The molecule has 4 nitrogen and oxygen atoms in total. The maximum atomic E-state index is 12.0. The molecular formula is C22H36O4. The van der Waals surface area contributed by atoms with Gasteiger partial charge in [0.1, 0.15) is 12.4 Å². The molecule has 0 saturated carbocycles. The summed E-state index contributed by atoms with van der Waals surface area (Å²) in [4.78, 5) is 12.0. The number of carbonyl (C=O) groups excluding carboxylic acids is 1. The average molecular weight is 365 g/mol. The van der Waals surface area contributed by atoms with Gasteiger partial charge >= 0.3 is 5.97 Å². The number of aromatic hydroxyl groups is 1. The van der Waals surface area contributed by atoms with Gasteiger partial charge in [-0.1, -0.05) is 67.5 Å². The van der Waals surface area contributed by atoms with Gasteiger partial charge in [-0.15, -0.1) is 0 Å². The molecule has 0 fully saturated rings. The monoisotopic (exact) mass is 364 g/mol. The summed E-state index contributed by atoms with van der Waals surface area (Å²) < 4.78 is 5.01. The van der Waals surface area contributed by atoms with Gasteiger partial charge in [0.2, 0.25) is 0 Å². The second-order valence-corrected chi connectivity index (χ2v) is 10.0. The third-order valence-corrected chi connectivity index (χ3v) is 4.38. The summed E-state index contributed by atoms with van der Waals surface area (Å²) in [6.45, 7) is 16.8. The fourth-order valence-electron chi connectivity index (χ4n) is 3.68. The van der Waals surface area contributed by atoms with Crippen LogP contribution in [0.1, 0.15) is 78.5 Å². The topological polar surface area (TPSA) is 66.8 Å². The summed E-state index contributed by atoms with van der Waals surface area (Å²) in [5.74, 6) is -0.0524. The first kappa shape index (κ1) is 22.5. The largest absolute Gasteiger partial charge is 0.507 e. The van der Waals surface area contributed by atoms with Crippen molar-refractivity contribution in [1.29, 1.82) is 0 Å². The Morgan fingerprint density at radius 3 is 2.00 bits per heavy atom. The molecule has 1 rings (SSSR count). The number of benzene rings is 1. The van der Waals surface area contributed by atoms with Crippen LogP contribution in [0.4, 0.5) is 0 Å². The van der Waals surface area contributed by atoms with Crippen molar-refractivity contribution in [2.75, 3.05) is 13.2 Å². The molecule has 148 valence electrons. The van der Waals surface area contributed by atoms with Crippen molar-refractivity contribution in [3.8, 4) is 5.75 Å². The van der Waals surface area contributed by atoms with Gasteiger partial charge in [-0.3, -0.25) is 4.79 Å². The van der Waals surface area contributed by atoms with Crippen LogP contribution in [0.2, 0.25) is 0 Å². The lowest BCUT2D eigenvalue weighted by atomic mass is 9.70. The van der Waals surface area contributed by atoms with E-state index in [1.807, 2.05) is 12.1 Å². The Morgan fingerprint density at radius 1 is 1.00 bits per heavy atom. The van der Waals surface area contributed by atoms with E-state index >= 15 is 0 Å². The Hall–Kier alpha value is -1.55. The SMILES string of the molecule is CC(C)(C)CC(C)(C)c1cc(CC(=O)OCCO)cc(C(C)(C)C)c1O. The number of phenolic OH excluding ortho intramolecular Hbond substituents is 1. The predicted octanol–water partition coefficient (Wildman–Crippen LogP) is 4.48. The minimum absolute atomic E-state index is 0.00538. The molecule has 0 heterocycles. The highest BCUT2D eigenvalue weighted by Crippen LogP contribution is 2.44. The third kappa shape index (κ3) is 6.31. The Morgan fingerprint density at radius 2 is 1.54 bits per heavy atom. The molecule has 0 amide bonds. The number of ether oxygens (including phenoxy) is 1. The first-order valence-electron chi connectivity index (χ1n) is 9.31. The first-order valence-corrected chi connectivity index (χ1v) is 9.31.